The molecule has 2 aromatic carbocycles. The molecule has 0 saturated carbocycles. The van der Waals surface area contributed by atoms with Crippen molar-refractivity contribution in [2.45, 2.75) is 72.4 Å². The molecule has 0 radical (unpaired) electrons. The molecular weight excluding hydrogens is 488 g/mol. The summed E-state index contributed by atoms with van der Waals surface area (Å²) in [5.41, 5.74) is -0.863. The molecule has 0 aromatic heterocycles. The molecule has 2 N–H and O–H groups in total. The van der Waals surface area contributed by atoms with Crippen LogP contribution in [0.2, 0.25) is 0 Å². The number of hydrogen-bond donors (Lipinski definition) is 2. The number of ether oxygens (including phenoxy) is 3. The van der Waals surface area contributed by atoms with Crippen LogP contribution in [0.25, 0.3) is 0 Å². The Bertz CT molecular complexity index is 1350. The van der Waals surface area contributed by atoms with Gasteiger partial charge in [-0.1, -0.05) is 32.9 Å². The molecule has 5 rings (SSSR count). The summed E-state index contributed by atoms with van der Waals surface area (Å²) in [7, 11) is 1.40. The molecule has 0 bridgehead atoms. The van der Waals surface area contributed by atoms with E-state index in [1.165, 1.54) is 20.1 Å². The number of rotatable bonds is 4. The van der Waals surface area contributed by atoms with Gasteiger partial charge in [-0.2, -0.15) is 0 Å². The highest BCUT2D eigenvalue weighted by molar-refractivity contribution is 6.31. The highest BCUT2D eigenvalue weighted by Crippen LogP contribution is 2.54. The summed E-state index contributed by atoms with van der Waals surface area (Å²) in [6.45, 7) is 9.51. The third kappa shape index (κ3) is 3.84. The Morgan fingerprint density at radius 2 is 1.74 bits per heavy atom. The van der Waals surface area contributed by atoms with Crippen LogP contribution in [0, 0.1) is 17.3 Å². The maximum absolute atomic E-state index is 13.7. The molecule has 0 unspecified atom stereocenters. The average Bonchev–Trinajstić information content (AvgIpc) is 2.87. The second-order valence-corrected chi connectivity index (χ2v) is 11.3. The highest BCUT2D eigenvalue weighted by Gasteiger charge is 2.48. The van der Waals surface area contributed by atoms with Crippen molar-refractivity contribution in [1.82, 2.24) is 0 Å². The maximum Gasteiger partial charge on any atom is 0.202 e. The average molecular weight is 523 g/mol. The van der Waals surface area contributed by atoms with Gasteiger partial charge in [0.25, 0.3) is 0 Å². The number of carbonyl (C=O) groups is 3. The normalized spacial score (nSPS) is 30.3. The smallest absolute Gasteiger partial charge is 0.202 e. The minimum absolute atomic E-state index is 0.0382. The number of fused-ring (bicyclic) bond motifs is 3. The molecule has 202 valence electrons. The number of benzene rings is 2. The van der Waals surface area contributed by atoms with Gasteiger partial charge in [0.1, 0.15) is 23.0 Å². The SMILES string of the molecule is COc1cccc2c1C(=O)c1c(O)c3c(c(O)c1C2=O)C[C@@](C)(C(C)=O)C[C@@H]3O[C@H]1C[C@H](C)[C@H](C)[C@H](C)O1. The molecule has 6 atom stereocenters. The van der Waals surface area contributed by atoms with Gasteiger partial charge in [-0.3, -0.25) is 14.4 Å². The van der Waals surface area contributed by atoms with Gasteiger partial charge >= 0.3 is 0 Å². The van der Waals surface area contributed by atoms with Gasteiger partial charge in [-0.15, -0.1) is 0 Å². The molecule has 2 aromatic rings. The monoisotopic (exact) mass is 522 g/mol. The van der Waals surface area contributed by atoms with Crippen LogP contribution in [0.3, 0.4) is 0 Å². The molecular formula is C30H34O8. The van der Waals surface area contributed by atoms with Crippen molar-refractivity contribution >= 4 is 17.3 Å². The minimum Gasteiger partial charge on any atom is -0.507 e. The first-order chi connectivity index (χ1) is 17.9. The van der Waals surface area contributed by atoms with E-state index >= 15 is 0 Å². The van der Waals surface area contributed by atoms with Crippen molar-refractivity contribution in [3.63, 3.8) is 0 Å². The van der Waals surface area contributed by atoms with Crippen LogP contribution in [0.4, 0.5) is 0 Å². The van der Waals surface area contributed by atoms with Crippen molar-refractivity contribution in [3.8, 4) is 17.2 Å². The molecule has 3 aliphatic rings. The Balaban J connectivity index is 1.68. The Hall–Kier alpha value is -3.23. The number of Topliss-reactive ketones (excluding diaryl/α,β-unsaturated/α-hetero) is 1. The third-order valence-corrected chi connectivity index (χ3v) is 9.02. The number of ketones is 3. The van der Waals surface area contributed by atoms with E-state index < -0.39 is 40.9 Å². The molecule has 38 heavy (non-hydrogen) atoms. The van der Waals surface area contributed by atoms with E-state index in [0.29, 0.717) is 18.3 Å². The largest absolute Gasteiger partial charge is 0.507 e. The van der Waals surface area contributed by atoms with Gasteiger partial charge in [0.2, 0.25) is 5.78 Å². The van der Waals surface area contributed by atoms with E-state index in [0.717, 1.165) is 0 Å². The lowest BCUT2D eigenvalue weighted by molar-refractivity contribution is -0.240. The number of aromatic hydroxyl groups is 2. The Kier molecular flexibility index (Phi) is 6.39. The summed E-state index contributed by atoms with van der Waals surface area (Å²) in [5, 5.41) is 23.1. The summed E-state index contributed by atoms with van der Waals surface area (Å²) in [4.78, 5) is 40.1. The first-order valence-electron chi connectivity index (χ1n) is 13.1. The van der Waals surface area contributed by atoms with Crippen molar-refractivity contribution in [3.05, 3.63) is 51.6 Å². The van der Waals surface area contributed by atoms with Crippen LogP contribution in [0.1, 0.15) is 96.5 Å². The predicted octanol–water partition coefficient (Wildman–Crippen LogP) is 4.89. The number of hydrogen-bond acceptors (Lipinski definition) is 8. The molecule has 1 saturated heterocycles. The Morgan fingerprint density at radius 3 is 2.37 bits per heavy atom. The summed E-state index contributed by atoms with van der Waals surface area (Å²) < 4.78 is 17.9. The zero-order valence-electron chi connectivity index (χ0n) is 22.6. The van der Waals surface area contributed by atoms with Crippen LogP contribution < -0.4 is 4.74 Å². The summed E-state index contributed by atoms with van der Waals surface area (Å²) >= 11 is 0. The van der Waals surface area contributed by atoms with E-state index in [2.05, 4.69) is 13.8 Å². The number of phenols is 2. The van der Waals surface area contributed by atoms with Crippen molar-refractivity contribution in [2.75, 3.05) is 7.11 Å². The third-order valence-electron chi connectivity index (χ3n) is 9.02. The second kappa shape index (κ2) is 9.20. The minimum atomic E-state index is -0.919. The fourth-order valence-electron chi connectivity index (χ4n) is 6.17. The molecule has 1 aliphatic heterocycles. The number of methoxy groups -OCH3 is 1. The van der Waals surface area contributed by atoms with Crippen LogP contribution >= 0.6 is 0 Å². The van der Waals surface area contributed by atoms with Crippen LogP contribution in [0.5, 0.6) is 17.2 Å². The number of carbonyl (C=O) groups excluding carboxylic acids is 3. The fourth-order valence-corrected chi connectivity index (χ4v) is 6.17. The van der Waals surface area contributed by atoms with E-state index in [-0.39, 0.29) is 63.9 Å². The van der Waals surface area contributed by atoms with Gasteiger partial charge < -0.3 is 24.4 Å². The lowest BCUT2D eigenvalue weighted by atomic mass is 9.67. The van der Waals surface area contributed by atoms with Crippen LogP contribution in [-0.4, -0.2) is 47.1 Å². The van der Waals surface area contributed by atoms with Gasteiger partial charge in [0, 0.05) is 28.5 Å². The van der Waals surface area contributed by atoms with E-state index in [1.54, 1.807) is 19.1 Å². The van der Waals surface area contributed by atoms with E-state index in [4.69, 9.17) is 14.2 Å². The first kappa shape index (κ1) is 26.4. The molecule has 0 amide bonds. The predicted molar refractivity (Wildman–Crippen MR) is 138 cm³/mol. The topological polar surface area (TPSA) is 119 Å². The fraction of sp³-hybridized carbons (Fsp3) is 0.500. The van der Waals surface area contributed by atoms with Crippen molar-refractivity contribution in [1.29, 1.82) is 0 Å². The first-order valence-corrected chi connectivity index (χ1v) is 13.1. The number of phenolic OH excluding ortho intramolecular Hbond substituents is 2. The van der Waals surface area contributed by atoms with E-state index in [1.807, 2.05) is 6.92 Å². The summed E-state index contributed by atoms with van der Waals surface area (Å²) in [6.07, 6.45) is -0.566. The summed E-state index contributed by atoms with van der Waals surface area (Å²) in [5.74, 6) is -1.28. The summed E-state index contributed by atoms with van der Waals surface area (Å²) in [6, 6.07) is 4.65. The van der Waals surface area contributed by atoms with Crippen molar-refractivity contribution in [2.24, 2.45) is 17.3 Å². The zero-order valence-corrected chi connectivity index (χ0v) is 22.6. The van der Waals surface area contributed by atoms with Gasteiger partial charge in [-0.25, -0.2) is 0 Å². The quantitative estimate of drug-likeness (QED) is 0.465. The van der Waals surface area contributed by atoms with Gasteiger partial charge in [-0.05, 0) is 44.6 Å². The molecule has 8 nitrogen and oxygen atoms in total. The van der Waals surface area contributed by atoms with Crippen LogP contribution in [-0.2, 0) is 20.7 Å². The van der Waals surface area contributed by atoms with Gasteiger partial charge in [0.15, 0.2) is 12.1 Å². The molecule has 2 aliphatic carbocycles. The lowest BCUT2D eigenvalue weighted by Gasteiger charge is -2.43. The zero-order chi connectivity index (χ0) is 27.7. The lowest BCUT2D eigenvalue weighted by Crippen LogP contribution is -2.41. The molecule has 8 heteroatoms. The molecule has 1 fully saturated rings. The molecule has 1 heterocycles. The van der Waals surface area contributed by atoms with Gasteiger partial charge in [0.05, 0.1) is 36.0 Å². The molecule has 0 spiro atoms. The Morgan fingerprint density at radius 1 is 1.05 bits per heavy atom. The standard InChI is InChI=1S/C30H34O8/c1-13-10-21(37-15(3)14(13)2)38-20-12-30(5,16(4)31)11-18-23(20)29(35)25-24(27(18)33)26(32)17-8-7-9-19(36-6)22(17)28(25)34/h7-9,13-15,20-21,33,35H,10-12H2,1-6H3/t13-,14-,15-,20-,21-,30+/m0/s1. The highest BCUT2D eigenvalue weighted by atomic mass is 16.7. The second-order valence-electron chi connectivity index (χ2n) is 11.3. The maximum atomic E-state index is 13.7. The van der Waals surface area contributed by atoms with E-state index in [9.17, 15) is 24.6 Å². The Labute approximate surface area is 221 Å². The van der Waals surface area contributed by atoms with Crippen LogP contribution in [0.15, 0.2) is 18.2 Å². The van der Waals surface area contributed by atoms with Crippen molar-refractivity contribution < 1.29 is 38.8 Å².